The molecule has 0 radical (unpaired) electrons. The lowest BCUT2D eigenvalue weighted by molar-refractivity contribution is 0.0640. The number of rotatable bonds is 4. The molecule has 6 heteroatoms. The van der Waals surface area contributed by atoms with Crippen LogP contribution in [0.5, 0.6) is 5.75 Å². The first-order valence-electron chi connectivity index (χ1n) is 11.4. The maximum absolute atomic E-state index is 13.8. The summed E-state index contributed by atoms with van der Waals surface area (Å²) in [7, 11) is 1.61. The Morgan fingerprint density at radius 2 is 2.00 bits per heavy atom. The molecule has 32 heavy (non-hydrogen) atoms. The maximum Gasteiger partial charge on any atom is 0.270 e. The predicted octanol–water partition coefficient (Wildman–Crippen LogP) is 5.63. The molecule has 1 fully saturated rings. The maximum atomic E-state index is 13.8. The first kappa shape index (κ1) is 21.4. The van der Waals surface area contributed by atoms with Gasteiger partial charge in [0.15, 0.2) is 5.78 Å². The number of carbonyl (C=O) groups excluding carboxylic acids is 2. The van der Waals surface area contributed by atoms with Crippen LogP contribution in [0.3, 0.4) is 0 Å². The van der Waals surface area contributed by atoms with Crippen molar-refractivity contribution in [3.05, 3.63) is 52.1 Å². The van der Waals surface area contributed by atoms with Gasteiger partial charge in [-0.05, 0) is 81.2 Å². The van der Waals surface area contributed by atoms with E-state index in [1.54, 1.807) is 14.0 Å². The molecule has 168 valence electrons. The summed E-state index contributed by atoms with van der Waals surface area (Å²) in [5.41, 5.74) is 5.78. The smallest absolute Gasteiger partial charge is 0.270 e. The molecular weight excluding hydrogens is 420 g/mol. The second-order valence-electron chi connectivity index (χ2n) is 9.61. The molecule has 4 heterocycles. The van der Waals surface area contributed by atoms with Crippen molar-refractivity contribution >= 4 is 23.5 Å². The SMILES string of the molecule is COc1cc2c(cc1C(C)=O)-c1c(C3CC=CS3)cc(C(=O)N3CCCC3(C)C)n1CC2. The van der Waals surface area contributed by atoms with Crippen LogP contribution >= 0.6 is 11.8 Å². The number of hydrogen-bond acceptors (Lipinski definition) is 4. The molecule has 5 rings (SSSR count). The lowest BCUT2D eigenvalue weighted by Gasteiger charge is -2.32. The molecule has 5 nitrogen and oxygen atoms in total. The van der Waals surface area contributed by atoms with Gasteiger partial charge in [-0.25, -0.2) is 0 Å². The lowest BCUT2D eigenvalue weighted by Crippen LogP contribution is -2.43. The standard InChI is InChI=1S/C26H30N2O3S/c1-16(29)18-14-19-17(13-22(18)31-4)8-11-27-21(25(30)28-10-6-9-26(28,2)3)15-20(24(19)27)23-7-5-12-32-23/h5,12-15,23H,6-11H2,1-4H3. The number of ketones is 1. The van der Waals surface area contributed by atoms with Crippen molar-refractivity contribution in [2.45, 2.75) is 63.8 Å². The predicted molar refractivity (Wildman–Crippen MR) is 129 cm³/mol. The average molecular weight is 451 g/mol. The number of Topliss-reactive ketones (excluding diaryl/α,β-unsaturated/α-hetero) is 1. The molecule has 1 saturated heterocycles. The average Bonchev–Trinajstić information content (AvgIpc) is 3.49. The van der Waals surface area contributed by atoms with Gasteiger partial charge in [-0.1, -0.05) is 6.08 Å². The summed E-state index contributed by atoms with van der Waals surface area (Å²) in [6.07, 6.45) is 6.04. The Morgan fingerprint density at radius 3 is 2.62 bits per heavy atom. The minimum Gasteiger partial charge on any atom is -0.496 e. The molecule has 1 aromatic carbocycles. The number of thioether (sulfide) groups is 1. The van der Waals surface area contributed by atoms with E-state index in [1.807, 2.05) is 28.8 Å². The molecule has 0 saturated carbocycles. The zero-order chi connectivity index (χ0) is 22.6. The van der Waals surface area contributed by atoms with E-state index < -0.39 is 0 Å². The highest BCUT2D eigenvalue weighted by Crippen LogP contribution is 2.47. The number of ether oxygens (including phenoxy) is 1. The number of likely N-dealkylation sites (tertiary alicyclic amines) is 1. The van der Waals surface area contributed by atoms with Gasteiger partial charge >= 0.3 is 0 Å². The van der Waals surface area contributed by atoms with Crippen LogP contribution in [0.25, 0.3) is 11.3 Å². The Kier molecular flexibility index (Phi) is 5.24. The molecule has 1 amide bonds. The number of carbonyl (C=O) groups is 2. The van der Waals surface area contributed by atoms with Crippen molar-refractivity contribution in [2.75, 3.05) is 13.7 Å². The fourth-order valence-electron chi connectivity index (χ4n) is 5.46. The van der Waals surface area contributed by atoms with Crippen LogP contribution in [0.2, 0.25) is 0 Å². The minimum absolute atomic E-state index is 0.0121. The number of allylic oxidation sites excluding steroid dienone is 1. The Morgan fingerprint density at radius 1 is 1.19 bits per heavy atom. The first-order chi connectivity index (χ1) is 15.3. The summed E-state index contributed by atoms with van der Waals surface area (Å²) in [5, 5.41) is 2.44. The highest BCUT2D eigenvalue weighted by Gasteiger charge is 2.39. The summed E-state index contributed by atoms with van der Waals surface area (Å²) in [6.45, 7) is 7.47. The number of benzene rings is 1. The van der Waals surface area contributed by atoms with Gasteiger partial charge in [-0.2, -0.15) is 0 Å². The quantitative estimate of drug-likeness (QED) is 0.567. The van der Waals surface area contributed by atoms with Crippen LogP contribution in [0.15, 0.2) is 29.7 Å². The fraction of sp³-hybridized carbons (Fsp3) is 0.462. The van der Waals surface area contributed by atoms with Crippen LogP contribution < -0.4 is 4.74 Å². The number of aryl methyl sites for hydroxylation is 1. The third kappa shape index (κ3) is 3.31. The van der Waals surface area contributed by atoms with Gasteiger partial charge in [0.1, 0.15) is 11.4 Å². The van der Waals surface area contributed by atoms with Gasteiger partial charge in [0.25, 0.3) is 5.91 Å². The van der Waals surface area contributed by atoms with Crippen LogP contribution in [0.4, 0.5) is 0 Å². The molecule has 3 aliphatic heterocycles. The second-order valence-corrected chi connectivity index (χ2v) is 10.7. The molecule has 2 aromatic rings. The zero-order valence-electron chi connectivity index (χ0n) is 19.2. The molecular formula is C26H30N2O3S. The molecule has 0 spiro atoms. The van der Waals surface area contributed by atoms with Gasteiger partial charge in [-0.15, -0.1) is 11.8 Å². The summed E-state index contributed by atoms with van der Waals surface area (Å²) < 4.78 is 7.73. The van der Waals surface area contributed by atoms with Gasteiger partial charge in [0.2, 0.25) is 0 Å². The van der Waals surface area contributed by atoms with E-state index in [0.717, 1.165) is 55.7 Å². The van der Waals surface area contributed by atoms with Crippen molar-refractivity contribution in [1.29, 1.82) is 0 Å². The normalized spacial score (nSPS) is 20.9. The summed E-state index contributed by atoms with van der Waals surface area (Å²) in [6, 6.07) is 6.12. The molecule has 1 unspecified atom stereocenters. The number of fused-ring (bicyclic) bond motifs is 3. The Bertz CT molecular complexity index is 1140. The largest absolute Gasteiger partial charge is 0.496 e. The van der Waals surface area contributed by atoms with Crippen molar-refractivity contribution in [1.82, 2.24) is 9.47 Å². The van der Waals surface area contributed by atoms with E-state index >= 15 is 0 Å². The second kappa shape index (κ2) is 7.84. The summed E-state index contributed by atoms with van der Waals surface area (Å²) in [5.74, 6) is 0.742. The number of hydrogen-bond donors (Lipinski definition) is 0. The highest BCUT2D eigenvalue weighted by molar-refractivity contribution is 8.02. The van der Waals surface area contributed by atoms with Crippen molar-refractivity contribution in [3.63, 3.8) is 0 Å². The third-order valence-electron chi connectivity index (χ3n) is 7.19. The topological polar surface area (TPSA) is 51.5 Å². The van der Waals surface area contributed by atoms with E-state index in [0.29, 0.717) is 16.6 Å². The molecule has 1 aromatic heterocycles. The third-order valence-corrected chi connectivity index (χ3v) is 8.32. The number of aromatic nitrogens is 1. The fourth-order valence-corrected chi connectivity index (χ4v) is 6.42. The van der Waals surface area contributed by atoms with E-state index in [-0.39, 0.29) is 17.2 Å². The molecule has 0 N–H and O–H groups in total. The van der Waals surface area contributed by atoms with Crippen LogP contribution in [-0.4, -0.2) is 40.4 Å². The Hall–Kier alpha value is -2.47. The number of methoxy groups -OCH3 is 1. The Labute approximate surface area is 193 Å². The van der Waals surface area contributed by atoms with Gasteiger partial charge in [0.05, 0.1) is 18.4 Å². The van der Waals surface area contributed by atoms with Gasteiger partial charge < -0.3 is 14.2 Å². The van der Waals surface area contributed by atoms with E-state index in [4.69, 9.17) is 4.74 Å². The molecule has 3 aliphatic rings. The van der Waals surface area contributed by atoms with Crippen LogP contribution in [0, 0.1) is 0 Å². The van der Waals surface area contributed by atoms with Crippen molar-refractivity contribution < 1.29 is 14.3 Å². The van der Waals surface area contributed by atoms with E-state index in [2.05, 4.69) is 36.0 Å². The number of amides is 1. The summed E-state index contributed by atoms with van der Waals surface area (Å²) >= 11 is 1.81. The summed E-state index contributed by atoms with van der Waals surface area (Å²) in [4.78, 5) is 28.2. The monoisotopic (exact) mass is 450 g/mol. The highest BCUT2D eigenvalue weighted by atomic mass is 32.2. The van der Waals surface area contributed by atoms with E-state index in [1.165, 1.54) is 11.1 Å². The van der Waals surface area contributed by atoms with E-state index in [9.17, 15) is 9.59 Å². The first-order valence-corrected chi connectivity index (χ1v) is 12.3. The number of nitrogens with zero attached hydrogens (tertiary/aromatic N) is 2. The minimum atomic E-state index is -0.118. The lowest BCUT2D eigenvalue weighted by atomic mass is 9.92. The van der Waals surface area contributed by atoms with Gasteiger partial charge in [0, 0.05) is 29.4 Å². The molecule has 1 atom stereocenters. The van der Waals surface area contributed by atoms with Crippen molar-refractivity contribution in [2.24, 2.45) is 0 Å². The van der Waals surface area contributed by atoms with Crippen molar-refractivity contribution in [3.8, 4) is 17.0 Å². The molecule has 0 aliphatic carbocycles. The van der Waals surface area contributed by atoms with Crippen LogP contribution in [-0.2, 0) is 13.0 Å². The zero-order valence-corrected chi connectivity index (χ0v) is 20.1. The van der Waals surface area contributed by atoms with Crippen LogP contribution in [0.1, 0.15) is 77.3 Å². The molecule has 0 bridgehead atoms. The Balaban J connectivity index is 1.69. The van der Waals surface area contributed by atoms with Gasteiger partial charge in [-0.3, -0.25) is 9.59 Å².